The molecule has 0 heterocycles. The smallest absolute Gasteiger partial charge is 0.0858 e. The minimum atomic E-state index is 0.729. The van der Waals surface area contributed by atoms with Crippen molar-refractivity contribution in [3.05, 3.63) is 48.5 Å². The summed E-state index contributed by atoms with van der Waals surface area (Å²) in [4.78, 5) is 2.29. The zero-order valence-electron chi connectivity index (χ0n) is 12.0. The van der Waals surface area contributed by atoms with Gasteiger partial charge in [-0.15, -0.1) is 0 Å². The Hall–Kier alpha value is -2.36. The van der Waals surface area contributed by atoms with Gasteiger partial charge in [0, 0.05) is 24.5 Å². The zero-order chi connectivity index (χ0) is 14.4. The predicted molar refractivity (Wildman–Crippen MR) is 85.0 cm³/mol. The van der Waals surface area contributed by atoms with Gasteiger partial charge in [-0.1, -0.05) is 0 Å². The van der Waals surface area contributed by atoms with E-state index in [2.05, 4.69) is 41.1 Å². The molecule has 0 fully saturated rings. The van der Waals surface area contributed by atoms with Crippen LogP contribution in [0.3, 0.4) is 0 Å². The number of azo groups is 1. The second kappa shape index (κ2) is 6.70. The van der Waals surface area contributed by atoms with E-state index in [1.54, 1.807) is 0 Å². The van der Waals surface area contributed by atoms with Gasteiger partial charge in [-0.2, -0.15) is 10.2 Å². The molecule has 2 rings (SSSR count). The number of benzene rings is 2. The molecule has 0 amide bonds. The van der Waals surface area contributed by atoms with Crippen molar-refractivity contribution in [2.75, 3.05) is 23.7 Å². The normalized spacial score (nSPS) is 10.9. The Bertz CT molecular complexity index is 554. The first kappa shape index (κ1) is 14.1. The Kier molecular flexibility index (Phi) is 4.71. The highest BCUT2D eigenvalue weighted by atomic mass is 15.1. The lowest BCUT2D eigenvalue weighted by molar-refractivity contribution is 0.866. The molecular weight excluding hydrogens is 248 g/mol. The molecule has 4 nitrogen and oxygen atoms in total. The third kappa shape index (κ3) is 3.57. The molecule has 0 saturated carbocycles. The maximum Gasteiger partial charge on any atom is 0.0858 e. The highest BCUT2D eigenvalue weighted by Gasteiger charge is 2.00. The van der Waals surface area contributed by atoms with E-state index >= 15 is 0 Å². The third-order valence-corrected chi connectivity index (χ3v) is 3.15. The van der Waals surface area contributed by atoms with Crippen LogP contribution in [0, 0.1) is 0 Å². The maximum absolute atomic E-state index is 5.63. The van der Waals surface area contributed by atoms with Crippen LogP contribution in [0.2, 0.25) is 0 Å². The van der Waals surface area contributed by atoms with Crippen LogP contribution < -0.4 is 10.6 Å². The number of nitrogens with two attached hydrogens (primary N) is 1. The monoisotopic (exact) mass is 268 g/mol. The summed E-state index contributed by atoms with van der Waals surface area (Å²) in [6, 6.07) is 15.4. The molecule has 0 unspecified atom stereocenters. The van der Waals surface area contributed by atoms with E-state index in [1.807, 2.05) is 36.4 Å². The van der Waals surface area contributed by atoms with Gasteiger partial charge >= 0.3 is 0 Å². The molecule has 0 spiro atoms. The van der Waals surface area contributed by atoms with Crippen LogP contribution in [-0.4, -0.2) is 13.1 Å². The van der Waals surface area contributed by atoms with Crippen molar-refractivity contribution in [3.8, 4) is 0 Å². The molecule has 104 valence electrons. The average Bonchev–Trinajstić information content (AvgIpc) is 2.49. The number of nitrogen functional groups attached to an aromatic ring is 1. The topological polar surface area (TPSA) is 54.0 Å². The van der Waals surface area contributed by atoms with Gasteiger partial charge in [0.15, 0.2) is 0 Å². The number of rotatable bonds is 5. The summed E-state index contributed by atoms with van der Waals surface area (Å²) in [5, 5.41) is 8.41. The van der Waals surface area contributed by atoms with Crippen LogP contribution in [-0.2, 0) is 0 Å². The molecule has 2 aromatic carbocycles. The molecule has 0 aliphatic rings. The fraction of sp³-hybridized carbons (Fsp3) is 0.250. The van der Waals surface area contributed by atoms with Gasteiger partial charge in [-0.3, -0.25) is 0 Å². The number of hydrogen-bond acceptors (Lipinski definition) is 4. The van der Waals surface area contributed by atoms with Gasteiger partial charge in [0.2, 0.25) is 0 Å². The van der Waals surface area contributed by atoms with E-state index in [-0.39, 0.29) is 0 Å². The molecule has 4 heteroatoms. The zero-order valence-corrected chi connectivity index (χ0v) is 12.0. The van der Waals surface area contributed by atoms with Crippen molar-refractivity contribution < 1.29 is 0 Å². The SMILES string of the molecule is CCN(CC)c1ccc(/N=N/c2ccc(N)cc2)cc1. The first-order chi connectivity index (χ1) is 9.72. The van der Waals surface area contributed by atoms with E-state index in [1.165, 1.54) is 5.69 Å². The van der Waals surface area contributed by atoms with E-state index in [0.717, 1.165) is 30.2 Å². The van der Waals surface area contributed by atoms with Crippen LogP contribution in [0.25, 0.3) is 0 Å². The first-order valence-electron chi connectivity index (χ1n) is 6.85. The Labute approximate surface area is 119 Å². The summed E-state index contributed by atoms with van der Waals surface area (Å²) >= 11 is 0. The molecule has 0 aliphatic heterocycles. The highest BCUT2D eigenvalue weighted by Crippen LogP contribution is 2.22. The van der Waals surface area contributed by atoms with Gasteiger partial charge in [0.25, 0.3) is 0 Å². The minimum absolute atomic E-state index is 0.729. The molecule has 0 aliphatic carbocycles. The van der Waals surface area contributed by atoms with Crippen molar-refractivity contribution in [1.29, 1.82) is 0 Å². The van der Waals surface area contributed by atoms with Crippen molar-refractivity contribution in [2.45, 2.75) is 13.8 Å². The Morgan fingerprint density at radius 1 is 0.800 bits per heavy atom. The molecule has 0 atom stereocenters. The van der Waals surface area contributed by atoms with Crippen molar-refractivity contribution in [2.24, 2.45) is 10.2 Å². The molecule has 2 N–H and O–H groups in total. The first-order valence-corrected chi connectivity index (χ1v) is 6.85. The Balaban J connectivity index is 2.08. The van der Waals surface area contributed by atoms with Crippen LogP contribution in [0.1, 0.15) is 13.8 Å². The summed E-state index contributed by atoms with van der Waals surface area (Å²) in [7, 11) is 0. The molecule has 0 aromatic heterocycles. The standard InChI is InChI=1S/C16H20N4/c1-3-20(4-2)16-11-9-15(10-12-16)19-18-14-7-5-13(17)6-8-14/h5-12H,3-4,17H2,1-2H3/b19-18+. The van der Waals surface area contributed by atoms with E-state index < -0.39 is 0 Å². The number of hydrogen-bond donors (Lipinski definition) is 1. The Morgan fingerprint density at radius 3 is 1.70 bits per heavy atom. The van der Waals surface area contributed by atoms with Gasteiger partial charge in [0.05, 0.1) is 11.4 Å². The van der Waals surface area contributed by atoms with Crippen molar-refractivity contribution in [3.63, 3.8) is 0 Å². The molecule has 0 bridgehead atoms. The maximum atomic E-state index is 5.63. The fourth-order valence-corrected chi connectivity index (χ4v) is 1.98. The third-order valence-electron chi connectivity index (χ3n) is 3.15. The summed E-state index contributed by atoms with van der Waals surface area (Å²) in [6.45, 7) is 6.31. The fourth-order valence-electron chi connectivity index (χ4n) is 1.98. The summed E-state index contributed by atoms with van der Waals surface area (Å²) < 4.78 is 0. The molecule has 0 radical (unpaired) electrons. The molecule has 20 heavy (non-hydrogen) atoms. The average molecular weight is 268 g/mol. The quantitative estimate of drug-likeness (QED) is 0.639. The largest absolute Gasteiger partial charge is 0.399 e. The van der Waals surface area contributed by atoms with Crippen molar-refractivity contribution >= 4 is 22.7 Å². The summed E-state index contributed by atoms with van der Waals surface area (Å²) in [6.07, 6.45) is 0. The lowest BCUT2D eigenvalue weighted by Gasteiger charge is -2.20. The van der Waals surface area contributed by atoms with Gasteiger partial charge < -0.3 is 10.6 Å². The number of nitrogens with zero attached hydrogens (tertiary/aromatic N) is 3. The summed E-state index contributed by atoms with van der Waals surface area (Å²) in [5.74, 6) is 0. The van der Waals surface area contributed by atoms with E-state index in [4.69, 9.17) is 5.73 Å². The lowest BCUT2D eigenvalue weighted by Crippen LogP contribution is -2.21. The lowest BCUT2D eigenvalue weighted by atomic mass is 10.2. The molecule has 0 saturated heterocycles. The second-order valence-corrected chi connectivity index (χ2v) is 4.48. The number of anilines is 2. The van der Waals surface area contributed by atoms with Crippen LogP contribution in [0.5, 0.6) is 0 Å². The molecule has 2 aromatic rings. The van der Waals surface area contributed by atoms with E-state index in [0.29, 0.717) is 0 Å². The minimum Gasteiger partial charge on any atom is -0.399 e. The summed E-state index contributed by atoms with van der Waals surface area (Å²) in [5.41, 5.74) is 9.21. The predicted octanol–water partition coefficient (Wildman–Crippen LogP) is 4.53. The highest BCUT2D eigenvalue weighted by molar-refractivity contribution is 5.53. The van der Waals surface area contributed by atoms with Crippen molar-refractivity contribution in [1.82, 2.24) is 0 Å². The van der Waals surface area contributed by atoms with Crippen LogP contribution in [0.15, 0.2) is 58.8 Å². The van der Waals surface area contributed by atoms with Gasteiger partial charge in [-0.25, -0.2) is 0 Å². The van der Waals surface area contributed by atoms with E-state index in [9.17, 15) is 0 Å². The Morgan fingerprint density at radius 2 is 1.25 bits per heavy atom. The second-order valence-electron chi connectivity index (χ2n) is 4.48. The van der Waals surface area contributed by atoms with Crippen LogP contribution in [0.4, 0.5) is 22.7 Å². The molecular formula is C16H20N4. The van der Waals surface area contributed by atoms with Gasteiger partial charge in [0.1, 0.15) is 0 Å². The van der Waals surface area contributed by atoms with Crippen LogP contribution >= 0.6 is 0 Å². The van der Waals surface area contributed by atoms with Gasteiger partial charge in [-0.05, 0) is 62.4 Å².